The van der Waals surface area contributed by atoms with Crippen LogP contribution in [0.1, 0.15) is 10.4 Å². The van der Waals surface area contributed by atoms with Gasteiger partial charge in [0.15, 0.2) is 0 Å². The van der Waals surface area contributed by atoms with E-state index in [1.165, 1.54) is 22.6 Å². The second kappa shape index (κ2) is 3.66. The molecule has 0 saturated heterocycles. The fourth-order valence-corrected chi connectivity index (χ4v) is 2.72. The van der Waals surface area contributed by atoms with E-state index >= 15 is 0 Å². The van der Waals surface area contributed by atoms with Gasteiger partial charge in [0.2, 0.25) is 0 Å². The maximum atomic E-state index is 12.9. The molecule has 1 aromatic carbocycles. The lowest BCUT2D eigenvalue weighted by Crippen LogP contribution is -1.90. The van der Waals surface area contributed by atoms with Gasteiger partial charge in [-0.1, -0.05) is 0 Å². The number of benzene rings is 1. The van der Waals surface area contributed by atoms with Crippen LogP contribution in [0.5, 0.6) is 0 Å². The van der Waals surface area contributed by atoms with Gasteiger partial charge in [0.25, 0.3) is 0 Å². The summed E-state index contributed by atoms with van der Waals surface area (Å²) >= 11 is 1.69. The lowest BCUT2D eigenvalue weighted by molar-refractivity contribution is 0.628. The third kappa shape index (κ3) is 1.88. The summed E-state index contributed by atoms with van der Waals surface area (Å²) in [5.74, 6) is -0.290. The maximum absolute atomic E-state index is 12.9. The molecule has 0 unspecified atom stereocenters. The molecule has 3 heteroatoms. The molecule has 0 aliphatic carbocycles. The average Bonchev–Trinajstić information content (AvgIpc) is 2.45. The van der Waals surface area contributed by atoms with Gasteiger partial charge in [-0.2, -0.15) is 0 Å². The molecule has 0 amide bonds. The molecule has 0 aliphatic rings. The smallest absolute Gasteiger partial charge is 0.125 e. The standard InChI is InChI=1S/C12H12FNS/c1-7-5-8(2)15-12(7)10-4-3-9(13)6-11(10)14/h3-6H,14H2,1-2H3. The van der Waals surface area contributed by atoms with E-state index in [2.05, 4.69) is 13.0 Å². The molecule has 0 saturated carbocycles. The van der Waals surface area contributed by atoms with Gasteiger partial charge in [-0.15, -0.1) is 11.3 Å². The third-order valence-electron chi connectivity index (χ3n) is 2.30. The summed E-state index contributed by atoms with van der Waals surface area (Å²) in [6, 6.07) is 6.66. The zero-order valence-electron chi connectivity index (χ0n) is 8.67. The van der Waals surface area contributed by atoms with E-state index in [1.807, 2.05) is 6.92 Å². The van der Waals surface area contributed by atoms with E-state index in [9.17, 15) is 4.39 Å². The van der Waals surface area contributed by atoms with Gasteiger partial charge in [0.05, 0.1) is 0 Å². The molecule has 2 N–H and O–H groups in total. The summed E-state index contributed by atoms with van der Waals surface area (Å²) < 4.78 is 12.9. The Bertz CT molecular complexity index is 502. The molecule has 0 atom stereocenters. The molecular weight excluding hydrogens is 209 g/mol. The van der Waals surface area contributed by atoms with Gasteiger partial charge >= 0.3 is 0 Å². The van der Waals surface area contributed by atoms with Crippen LogP contribution in [0.3, 0.4) is 0 Å². The highest BCUT2D eigenvalue weighted by atomic mass is 32.1. The van der Waals surface area contributed by atoms with Crippen molar-refractivity contribution in [3.8, 4) is 10.4 Å². The number of nitrogen functional groups attached to an aromatic ring is 1. The summed E-state index contributed by atoms with van der Waals surface area (Å²) in [5.41, 5.74) is 8.41. The Morgan fingerprint density at radius 3 is 2.47 bits per heavy atom. The number of nitrogens with two attached hydrogens (primary N) is 1. The van der Waals surface area contributed by atoms with Gasteiger partial charge in [0.1, 0.15) is 5.82 Å². The molecular formula is C12H12FNS. The van der Waals surface area contributed by atoms with Crippen LogP contribution in [-0.4, -0.2) is 0 Å². The number of anilines is 1. The topological polar surface area (TPSA) is 26.0 Å². The molecule has 1 nitrogen and oxygen atoms in total. The van der Waals surface area contributed by atoms with Gasteiger partial charge < -0.3 is 5.73 Å². The highest BCUT2D eigenvalue weighted by Crippen LogP contribution is 2.35. The van der Waals surface area contributed by atoms with E-state index in [0.717, 1.165) is 10.4 Å². The Labute approximate surface area is 92.4 Å². The average molecular weight is 221 g/mol. The van der Waals surface area contributed by atoms with E-state index in [1.54, 1.807) is 17.4 Å². The number of hydrogen-bond donors (Lipinski definition) is 1. The van der Waals surface area contributed by atoms with E-state index in [-0.39, 0.29) is 5.82 Å². The molecule has 15 heavy (non-hydrogen) atoms. The van der Waals surface area contributed by atoms with Crippen LogP contribution in [0.25, 0.3) is 10.4 Å². The van der Waals surface area contributed by atoms with E-state index in [0.29, 0.717) is 5.69 Å². The van der Waals surface area contributed by atoms with Gasteiger partial charge in [-0.3, -0.25) is 0 Å². The first-order valence-electron chi connectivity index (χ1n) is 4.70. The molecule has 0 fully saturated rings. The maximum Gasteiger partial charge on any atom is 0.125 e. The van der Waals surface area contributed by atoms with Crippen molar-refractivity contribution in [3.63, 3.8) is 0 Å². The van der Waals surface area contributed by atoms with Crippen molar-refractivity contribution in [1.29, 1.82) is 0 Å². The largest absolute Gasteiger partial charge is 0.398 e. The van der Waals surface area contributed by atoms with Crippen LogP contribution in [0.4, 0.5) is 10.1 Å². The Kier molecular flexibility index (Phi) is 2.49. The molecule has 2 aromatic rings. The highest BCUT2D eigenvalue weighted by Gasteiger charge is 2.09. The number of aryl methyl sites for hydroxylation is 2. The second-order valence-corrected chi connectivity index (χ2v) is 4.86. The van der Waals surface area contributed by atoms with Gasteiger partial charge in [0, 0.05) is 21.0 Å². The fourth-order valence-electron chi connectivity index (χ4n) is 1.65. The van der Waals surface area contributed by atoms with E-state index in [4.69, 9.17) is 5.73 Å². The van der Waals surface area contributed by atoms with Crippen molar-refractivity contribution in [3.05, 3.63) is 40.5 Å². The summed E-state index contributed by atoms with van der Waals surface area (Å²) in [4.78, 5) is 2.37. The Morgan fingerprint density at radius 1 is 1.20 bits per heavy atom. The second-order valence-electron chi connectivity index (χ2n) is 3.60. The lowest BCUT2D eigenvalue weighted by atomic mass is 10.1. The Morgan fingerprint density at radius 2 is 1.93 bits per heavy atom. The minimum Gasteiger partial charge on any atom is -0.398 e. The molecule has 0 aliphatic heterocycles. The number of thiophene rings is 1. The Balaban J connectivity index is 2.59. The summed E-state index contributed by atoms with van der Waals surface area (Å²) in [7, 11) is 0. The van der Waals surface area contributed by atoms with Crippen LogP contribution in [0, 0.1) is 19.7 Å². The van der Waals surface area contributed by atoms with Crippen molar-refractivity contribution < 1.29 is 4.39 Å². The van der Waals surface area contributed by atoms with Crippen molar-refractivity contribution in [2.75, 3.05) is 5.73 Å². The summed E-state index contributed by atoms with van der Waals surface area (Å²) in [6.07, 6.45) is 0. The van der Waals surface area contributed by atoms with Gasteiger partial charge in [-0.25, -0.2) is 4.39 Å². The van der Waals surface area contributed by atoms with Crippen LogP contribution < -0.4 is 5.73 Å². The number of rotatable bonds is 1. The van der Waals surface area contributed by atoms with Crippen molar-refractivity contribution in [2.24, 2.45) is 0 Å². The van der Waals surface area contributed by atoms with Crippen LogP contribution >= 0.6 is 11.3 Å². The zero-order chi connectivity index (χ0) is 11.0. The number of halogens is 1. The lowest BCUT2D eigenvalue weighted by Gasteiger charge is -2.04. The fraction of sp³-hybridized carbons (Fsp3) is 0.167. The SMILES string of the molecule is Cc1cc(C)c(-c2ccc(F)cc2N)s1. The van der Waals surface area contributed by atoms with E-state index < -0.39 is 0 Å². The minimum absolute atomic E-state index is 0.290. The van der Waals surface area contributed by atoms with Crippen molar-refractivity contribution in [1.82, 2.24) is 0 Å². The monoisotopic (exact) mass is 221 g/mol. The van der Waals surface area contributed by atoms with Crippen LogP contribution in [0.15, 0.2) is 24.3 Å². The highest BCUT2D eigenvalue weighted by molar-refractivity contribution is 7.15. The molecule has 0 bridgehead atoms. The first kappa shape index (κ1) is 10.2. The minimum atomic E-state index is -0.290. The predicted octanol–water partition coefficient (Wildman–Crippen LogP) is 3.75. The molecule has 1 heterocycles. The molecule has 78 valence electrons. The molecule has 2 rings (SSSR count). The summed E-state index contributed by atoms with van der Waals surface area (Å²) in [5, 5.41) is 0. The Hall–Kier alpha value is -1.35. The van der Waals surface area contributed by atoms with Crippen LogP contribution in [-0.2, 0) is 0 Å². The normalized spacial score (nSPS) is 10.6. The first-order valence-corrected chi connectivity index (χ1v) is 5.52. The third-order valence-corrected chi connectivity index (χ3v) is 3.49. The zero-order valence-corrected chi connectivity index (χ0v) is 9.49. The molecule has 0 radical (unpaired) electrons. The molecule has 0 spiro atoms. The number of hydrogen-bond acceptors (Lipinski definition) is 2. The van der Waals surface area contributed by atoms with Crippen molar-refractivity contribution in [2.45, 2.75) is 13.8 Å². The first-order chi connectivity index (χ1) is 7.08. The predicted molar refractivity (Wildman–Crippen MR) is 63.6 cm³/mol. The molecule has 1 aromatic heterocycles. The van der Waals surface area contributed by atoms with Crippen molar-refractivity contribution >= 4 is 17.0 Å². The quantitative estimate of drug-likeness (QED) is 0.729. The van der Waals surface area contributed by atoms with Crippen LogP contribution in [0.2, 0.25) is 0 Å². The van der Waals surface area contributed by atoms with Gasteiger partial charge in [-0.05, 0) is 43.7 Å². The summed E-state index contributed by atoms with van der Waals surface area (Å²) in [6.45, 7) is 4.10.